The normalized spacial score (nSPS) is 12.8. The predicted octanol–water partition coefficient (Wildman–Crippen LogP) is 16.3. The van der Waals surface area contributed by atoms with Crippen LogP contribution >= 0.6 is 23.5 Å². The van der Waals surface area contributed by atoms with Gasteiger partial charge in [0.25, 0.3) is 0 Å². The Balaban J connectivity index is 4.28. The fourth-order valence-electron chi connectivity index (χ4n) is 8.00. The second-order valence-electron chi connectivity index (χ2n) is 17.3. The first kappa shape index (κ1) is 56.0. The fraction of sp³-hybridized carbons (Fsp3) is 0.960. The largest absolute Gasteiger partial charge is 0.396 e. The molecule has 2 atom stereocenters. The first-order chi connectivity index (χ1) is 27.5. The average molecular weight is 826 g/mol. The van der Waals surface area contributed by atoms with Crippen molar-refractivity contribution in [1.82, 2.24) is 4.90 Å². The Morgan fingerprint density at radius 2 is 0.821 bits per heavy atom. The zero-order chi connectivity index (χ0) is 41.0. The van der Waals surface area contributed by atoms with E-state index in [0.29, 0.717) is 22.1 Å². The molecule has 0 aliphatic heterocycles. The van der Waals surface area contributed by atoms with Crippen LogP contribution in [0.3, 0.4) is 0 Å². The fourth-order valence-corrected chi connectivity index (χ4v) is 10.2. The summed E-state index contributed by atoms with van der Waals surface area (Å²) in [6.45, 7) is 12.8. The van der Waals surface area contributed by atoms with Gasteiger partial charge in [0.2, 0.25) is 0 Å². The van der Waals surface area contributed by atoms with E-state index in [2.05, 4.69) is 32.6 Å². The van der Waals surface area contributed by atoms with Gasteiger partial charge in [-0.15, -0.1) is 0 Å². The number of thioether (sulfide) groups is 2. The summed E-state index contributed by atoms with van der Waals surface area (Å²) in [5.74, 6) is 1.29. The highest BCUT2D eigenvalue weighted by molar-refractivity contribution is 8.14. The quantitative estimate of drug-likeness (QED) is 0.0617. The van der Waals surface area contributed by atoms with E-state index in [-0.39, 0.29) is 5.92 Å². The maximum absolute atomic E-state index is 13.1. The summed E-state index contributed by atoms with van der Waals surface area (Å²) in [5.41, 5.74) is 0. The van der Waals surface area contributed by atoms with Crippen LogP contribution in [-0.4, -0.2) is 57.5 Å². The monoisotopic (exact) mass is 826 g/mol. The number of carbonyl (C=O) groups is 2. The molecule has 4 nitrogen and oxygen atoms in total. The van der Waals surface area contributed by atoms with Crippen molar-refractivity contribution in [1.29, 1.82) is 0 Å². The molecule has 0 bridgehead atoms. The maximum Gasteiger partial charge on any atom is 0.192 e. The highest BCUT2D eigenvalue weighted by atomic mass is 32.2. The first-order valence-electron chi connectivity index (χ1n) is 25.2. The molecule has 0 aliphatic carbocycles. The molecule has 0 aromatic heterocycles. The number of hydrogen-bond acceptors (Lipinski definition) is 6. The number of carbonyl (C=O) groups excluding carboxylic acids is 2. The van der Waals surface area contributed by atoms with E-state index in [1.807, 2.05) is 0 Å². The van der Waals surface area contributed by atoms with Gasteiger partial charge in [0.15, 0.2) is 10.2 Å². The number of rotatable bonds is 46. The summed E-state index contributed by atoms with van der Waals surface area (Å²) in [4.78, 5) is 28.7. The summed E-state index contributed by atoms with van der Waals surface area (Å²) < 4.78 is 0. The van der Waals surface area contributed by atoms with Crippen molar-refractivity contribution in [3.05, 3.63) is 0 Å². The topological polar surface area (TPSA) is 57.6 Å². The maximum atomic E-state index is 13.1. The third-order valence-corrected chi connectivity index (χ3v) is 14.2. The lowest BCUT2D eigenvalue weighted by molar-refractivity contribution is -0.115. The van der Waals surface area contributed by atoms with E-state index in [1.54, 1.807) is 23.5 Å². The number of nitrogens with zero attached hydrogens (tertiary/aromatic N) is 1. The summed E-state index contributed by atoms with van der Waals surface area (Å²) in [6.07, 6.45) is 45.7. The third-order valence-electron chi connectivity index (χ3n) is 11.8. The molecule has 0 aromatic carbocycles. The third kappa shape index (κ3) is 39.4. The van der Waals surface area contributed by atoms with Gasteiger partial charge in [-0.3, -0.25) is 9.59 Å². The van der Waals surface area contributed by atoms with Gasteiger partial charge >= 0.3 is 0 Å². The molecule has 0 aliphatic rings. The van der Waals surface area contributed by atoms with Crippen LogP contribution in [0.15, 0.2) is 0 Å². The van der Waals surface area contributed by atoms with Crippen molar-refractivity contribution in [2.75, 3.05) is 32.0 Å². The van der Waals surface area contributed by atoms with E-state index >= 15 is 0 Å². The Hall–Kier alpha value is -0.0400. The van der Waals surface area contributed by atoms with Crippen molar-refractivity contribution in [3.8, 4) is 0 Å². The molecular formula is C50H99NO3S2. The minimum absolute atomic E-state index is 0.287. The summed E-state index contributed by atoms with van der Waals surface area (Å²) in [6, 6.07) is 0. The number of hydrogen-bond donors (Lipinski definition) is 1. The molecule has 56 heavy (non-hydrogen) atoms. The molecule has 0 amide bonds. The summed E-state index contributed by atoms with van der Waals surface area (Å²) in [7, 11) is 0. The van der Waals surface area contributed by atoms with E-state index < -0.39 is 0 Å². The second kappa shape index (κ2) is 46.0. The number of unbranched alkanes of at least 4 members (excludes halogenated alkanes) is 25. The van der Waals surface area contributed by atoms with Gasteiger partial charge in [0, 0.05) is 29.9 Å². The molecule has 6 heteroatoms. The van der Waals surface area contributed by atoms with E-state index in [9.17, 15) is 14.7 Å². The molecule has 0 fully saturated rings. The Morgan fingerprint density at radius 3 is 1.30 bits per heavy atom. The number of aliphatic hydroxyl groups excluding tert-OH is 1. The van der Waals surface area contributed by atoms with Crippen molar-refractivity contribution < 1.29 is 14.7 Å². The lowest BCUT2D eigenvalue weighted by Crippen LogP contribution is -2.27. The van der Waals surface area contributed by atoms with Crippen LogP contribution in [0.4, 0.5) is 0 Å². The van der Waals surface area contributed by atoms with Crippen LogP contribution in [0.2, 0.25) is 0 Å². The zero-order valence-corrected chi connectivity index (χ0v) is 40.0. The standard InChI is InChI=1S/C50H99NO3S2/c1-5-9-13-17-21-28-38-47(37-27-15-11-7-3)50(54)55-46-36-26-20-25-33-43-51(44-34-35-45-52)42-32-24-19-23-31-41-49(53)56-48(39-29-16-12-8-4)40-30-22-18-14-10-6-2/h47-48,52H,5-46H2,1-4H3. The molecule has 0 heterocycles. The molecule has 0 radical (unpaired) electrons. The lowest BCUT2D eigenvalue weighted by atomic mass is 9.95. The Labute approximate surface area is 360 Å². The van der Waals surface area contributed by atoms with E-state index in [0.717, 1.165) is 57.4 Å². The minimum Gasteiger partial charge on any atom is -0.396 e. The molecule has 334 valence electrons. The van der Waals surface area contributed by atoms with Crippen LogP contribution in [0.25, 0.3) is 0 Å². The van der Waals surface area contributed by atoms with Gasteiger partial charge in [-0.2, -0.15) is 0 Å². The minimum atomic E-state index is 0.287. The van der Waals surface area contributed by atoms with E-state index in [1.165, 1.54) is 206 Å². The smallest absolute Gasteiger partial charge is 0.192 e. The van der Waals surface area contributed by atoms with Gasteiger partial charge < -0.3 is 10.0 Å². The highest BCUT2D eigenvalue weighted by Gasteiger charge is 2.18. The summed E-state index contributed by atoms with van der Waals surface area (Å²) >= 11 is 3.34. The second-order valence-corrected chi connectivity index (χ2v) is 19.8. The van der Waals surface area contributed by atoms with Gasteiger partial charge in [-0.1, -0.05) is 218 Å². The number of aliphatic hydroxyl groups is 1. The van der Waals surface area contributed by atoms with Crippen LogP contribution in [0.5, 0.6) is 0 Å². The predicted molar refractivity (Wildman–Crippen MR) is 254 cm³/mol. The molecule has 0 saturated heterocycles. The Bertz CT molecular complexity index is 811. The van der Waals surface area contributed by atoms with E-state index in [4.69, 9.17) is 0 Å². The SMILES string of the molecule is CCCCCCCCC(CCCCCC)SC(=O)CCCCCCCN(CCCCO)CCCCCCCSC(=O)C(CCCCCC)CCCCCCCC. The van der Waals surface area contributed by atoms with Gasteiger partial charge in [0.05, 0.1) is 0 Å². The molecule has 0 spiro atoms. The van der Waals surface area contributed by atoms with Crippen LogP contribution in [0, 0.1) is 5.92 Å². The van der Waals surface area contributed by atoms with Crippen molar-refractivity contribution in [2.45, 2.75) is 271 Å². The van der Waals surface area contributed by atoms with Crippen molar-refractivity contribution in [3.63, 3.8) is 0 Å². The van der Waals surface area contributed by atoms with Gasteiger partial charge in [-0.05, 0) is 83.8 Å². The lowest BCUT2D eigenvalue weighted by Gasteiger charge is -2.22. The van der Waals surface area contributed by atoms with Crippen LogP contribution in [0.1, 0.15) is 265 Å². The van der Waals surface area contributed by atoms with Crippen LogP contribution < -0.4 is 0 Å². The Kier molecular flexibility index (Phi) is 46.0. The molecule has 2 unspecified atom stereocenters. The molecule has 0 rings (SSSR count). The molecular weight excluding hydrogens is 727 g/mol. The van der Waals surface area contributed by atoms with Gasteiger partial charge in [0.1, 0.15) is 0 Å². The molecule has 0 saturated carbocycles. The highest BCUT2D eigenvalue weighted by Crippen LogP contribution is 2.28. The zero-order valence-electron chi connectivity index (χ0n) is 38.4. The van der Waals surface area contributed by atoms with Crippen LogP contribution in [-0.2, 0) is 9.59 Å². The van der Waals surface area contributed by atoms with Crippen molar-refractivity contribution in [2.24, 2.45) is 5.92 Å². The van der Waals surface area contributed by atoms with Crippen molar-refractivity contribution >= 4 is 33.8 Å². The summed E-state index contributed by atoms with van der Waals surface area (Å²) in [5, 5.41) is 10.8. The molecule has 0 aromatic rings. The van der Waals surface area contributed by atoms with Gasteiger partial charge in [-0.25, -0.2) is 0 Å². The first-order valence-corrected chi connectivity index (χ1v) is 27.1. The average Bonchev–Trinajstić information content (AvgIpc) is 3.19. The molecule has 1 N–H and O–H groups in total. The Morgan fingerprint density at radius 1 is 0.446 bits per heavy atom.